The Labute approximate surface area is 90.7 Å². The lowest BCUT2D eigenvalue weighted by Crippen LogP contribution is -2.39. The summed E-state index contributed by atoms with van der Waals surface area (Å²) in [5.74, 6) is -2.70. The third-order valence-corrected chi connectivity index (χ3v) is 2.35. The minimum Gasteiger partial charge on any atom is -0.440 e. The highest BCUT2D eigenvalue weighted by Gasteiger charge is 2.35. The van der Waals surface area contributed by atoms with Gasteiger partial charge in [0.25, 0.3) is 5.91 Å². The van der Waals surface area contributed by atoms with Gasteiger partial charge in [-0.05, 0) is 6.42 Å². The van der Waals surface area contributed by atoms with Crippen LogP contribution < -0.4 is 5.73 Å². The molecule has 0 aliphatic carbocycles. The van der Waals surface area contributed by atoms with E-state index in [1.54, 1.807) is 0 Å². The Hall–Kier alpha value is -1.89. The summed E-state index contributed by atoms with van der Waals surface area (Å²) in [7, 11) is 0. The van der Waals surface area contributed by atoms with Gasteiger partial charge in [0.2, 0.25) is 0 Å². The molecule has 1 saturated heterocycles. The summed E-state index contributed by atoms with van der Waals surface area (Å²) < 4.78 is 4.97. The summed E-state index contributed by atoms with van der Waals surface area (Å²) in [6.07, 6.45) is 1.54. The number of amides is 1. The zero-order chi connectivity index (χ0) is 11.7. The molecule has 0 bridgehead atoms. The fourth-order valence-corrected chi connectivity index (χ4v) is 1.60. The SMILES string of the molecule is NC(=O)/C1=C\C(=O)OC2CCCN2OC1=O. The molecule has 2 rings (SSSR count). The van der Waals surface area contributed by atoms with E-state index in [1.165, 1.54) is 5.06 Å². The smallest absolute Gasteiger partial charge is 0.363 e. The van der Waals surface area contributed by atoms with Gasteiger partial charge < -0.3 is 15.3 Å². The standard InChI is InChI=1S/C9H10N2O5/c10-8(13)5-4-7(12)15-6-2-1-3-11(6)16-9(5)14/h4,6H,1-3H2,(H2,10,13)/b5-4+. The first-order valence-electron chi connectivity index (χ1n) is 4.79. The van der Waals surface area contributed by atoms with E-state index in [0.29, 0.717) is 13.0 Å². The van der Waals surface area contributed by atoms with E-state index >= 15 is 0 Å². The van der Waals surface area contributed by atoms with Gasteiger partial charge in [-0.15, -0.1) is 0 Å². The number of ether oxygens (including phenoxy) is 1. The number of nitrogens with two attached hydrogens (primary N) is 1. The molecule has 16 heavy (non-hydrogen) atoms. The second kappa shape index (κ2) is 3.93. The van der Waals surface area contributed by atoms with Crippen molar-refractivity contribution in [1.29, 1.82) is 0 Å². The molecule has 1 fully saturated rings. The molecule has 0 aromatic rings. The molecule has 7 heteroatoms. The van der Waals surface area contributed by atoms with Crippen LogP contribution in [0.4, 0.5) is 0 Å². The highest BCUT2D eigenvalue weighted by molar-refractivity contribution is 6.18. The second-order valence-corrected chi connectivity index (χ2v) is 3.48. The van der Waals surface area contributed by atoms with Gasteiger partial charge in [-0.2, -0.15) is 0 Å². The number of carbonyl (C=O) groups is 3. The molecule has 0 spiro atoms. The van der Waals surface area contributed by atoms with Crippen LogP contribution in [0.25, 0.3) is 0 Å². The number of primary amides is 1. The van der Waals surface area contributed by atoms with E-state index in [0.717, 1.165) is 12.5 Å². The summed E-state index contributed by atoms with van der Waals surface area (Å²) in [4.78, 5) is 38.5. The van der Waals surface area contributed by atoms with Crippen molar-refractivity contribution >= 4 is 17.8 Å². The van der Waals surface area contributed by atoms with E-state index in [9.17, 15) is 14.4 Å². The minimum absolute atomic E-state index is 0.468. The van der Waals surface area contributed by atoms with Crippen molar-refractivity contribution in [2.75, 3.05) is 6.54 Å². The summed E-state index contributed by atoms with van der Waals surface area (Å²) in [5, 5.41) is 1.25. The predicted octanol–water partition coefficient (Wildman–Crippen LogP) is -1.17. The van der Waals surface area contributed by atoms with Crippen molar-refractivity contribution in [3.8, 4) is 0 Å². The Bertz CT molecular complexity index is 389. The topological polar surface area (TPSA) is 98.9 Å². The van der Waals surface area contributed by atoms with E-state index < -0.39 is 29.6 Å². The zero-order valence-electron chi connectivity index (χ0n) is 8.34. The van der Waals surface area contributed by atoms with Crippen LogP contribution in [0.1, 0.15) is 12.8 Å². The Morgan fingerprint density at radius 3 is 2.94 bits per heavy atom. The van der Waals surface area contributed by atoms with Crippen molar-refractivity contribution in [3.05, 3.63) is 11.6 Å². The average Bonchev–Trinajstić information content (AvgIpc) is 2.59. The van der Waals surface area contributed by atoms with Gasteiger partial charge in [0.15, 0.2) is 6.23 Å². The normalized spacial score (nSPS) is 29.2. The van der Waals surface area contributed by atoms with Crippen molar-refractivity contribution in [2.45, 2.75) is 19.1 Å². The number of hydroxylamine groups is 2. The van der Waals surface area contributed by atoms with Crippen LogP contribution >= 0.6 is 0 Å². The lowest BCUT2D eigenvalue weighted by molar-refractivity contribution is -0.226. The molecule has 2 heterocycles. The Balaban J connectivity index is 2.28. The van der Waals surface area contributed by atoms with Crippen LogP contribution in [0.5, 0.6) is 0 Å². The molecule has 86 valence electrons. The monoisotopic (exact) mass is 226 g/mol. The quantitative estimate of drug-likeness (QED) is 0.447. The lowest BCUT2D eigenvalue weighted by atomic mass is 10.2. The molecule has 1 amide bonds. The number of hydrogen-bond donors (Lipinski definition) is 1. The molecule has 1 atom stereocenters. The van der Waals surface area contributed by atoms with Crippen LogP contribution in [-0.4, -0.2) is 35.7 Å². The van der Waals surface area contributed by atoms with Gasteiger partial charge >= 0.3 is 11.9 Å². The summed E-state index contributed by atoms with van der Waals surface area (Å²) in [6.45, 7) is 0.468. The van der Waals surface area contributed by atoms with Gasteiger partial charge in [0, 0.05) is 19.0 Å². The fourth-order valence-electron chi connectivity index (χ4n) is 1.60. The third kappa shape index (κ3) is 1.89. The van der Waals surface area contributed by atoms with Crippen LogP contribution in [0.3, 0.4) is 0 Å². The maximum Gasteiger partial charge on any atom is 0.363 e. The molecular weight excluding hydrogens is 216 g/mol. The molecule has 0 radical (unpaired) electrons. The number of nitrogens with zero attached hydrogens (tertiary/aromatic N) is 1. The van der Waals surface area contributed by atoms with E-state index in [-0.39, 0.29) is 0 Å². The number of esters is 1. The minimum atomic E-state index is -1.01. The number of fused-ring (bicyclic) bond motifs is 1. The largest absolute Gasteiger partial charge is 0.440 e. The second-order valence-electron chi connectivity index (χ2n) is 3.48. The van der Waals surface area contributed by atoms with Crippen LogP contribution in [0.15, 0.2) is 11.6 Å². The molecule has 0 aromatic carbocycles. The molecule has 2 N–H and O–H groups in total. The van der Waals surface area contributed by atoms with Gasteiger partial charge in [-0.25, -0.2) is 9.59 Å². The van der Waals surface area contributed by atoms with Crippen molar-refractivity contribution in [3.63, 3.8) is 0 Å². The van der Waals surface area contributed by atoms with Crippen LogP contribution in [0.2, 0.25) is 0 Å². The Morgan fingerprint density at radius 2 is 2.25 bits per heavy atom. The van der Waals surface area contributed by atoms with Gasteiger partial charge in [0.05, 0.1) is 0 Å². The maximum atomic E-state index is 11.5. The zero-order valence-corrected chi connectivity index (χ0v) is 8.34. The van der Waals surface area contributed by atoms with Crippen LogP contribution in [0, 0.1) is 0 Å². The third-order valence-electron chi connectivity index (χ3n) is 2.35. The number of hydrogen-bond acceptors (Lipinski definition) is 6. The van der Waals surface area contributed by atoms with Crippen molar-refractivity contribution in [1.82, 2.24) is 5.06 Å². The molecule has 2 aliphatic rings. The maximum absolute atomic E-state index is 11.5. The van der Waals surface area contributed by atoms with Crippen LogP contribution in [-0.2, 0) is 24.0 Å². The number of rotatable bonds is 1. The Kier molecular flexibility index (Phi) is 2.61. The highest BCUT2D eigenvalue weighted by Crippen LogP contribution is 2.21. The van der Waals surface area contributed by atoms with Gasteiger partial charge in [-0.1, -0.05) is 5.06 Å². The van der Waals surface area contributed by atoms with E-state index in [4.69, 9.17) is 15.3 Å². The predicted molar refractivity (Wildman–Crippen MR) is 49.2 cm³/mol. The number of carbonyl (C=O) groups excluding carboxylic acids is 3. The highest BCUT2D eigenvalue weighted by atomic mass is 16.7. The fraction of sp³-hybridized carbons (Fsp3) is 0.444. The van der Waals surface area contributed by atoms with Gasteiger partial charge in [0.1, 0.15) is 5.57 Å². The molecule has 7 nitrogen and oxygen atoms in total. The van der Waals surface area contributed by atoms with Crippen molar-refractivity contribution < 1.29 is 24.0 Å². The van der Waals surface area contributed by atoms with Gasteiger partial charge in [-0.3, -0.25) is 4.79 Å². The van der Waals surface area contributed by atoms with Crippen molar-refractivity contribution in [2.24, 2.45) is 5.73 Å². The molecule has 2 aliphatic heterocycles. The lowest BCUT2D eigenvalue weighted by Gasteiger charge is -2.24. The molecular formula is C9H10N2O5. The molecule has 1 unspecified atom stereocenters. The Morgan fingerprint density at radius 1 is 1.50 bits per heavy atom. The first kappa shape index (κ1) is 10.6. The average molecular weight is 226 g/mol. The van der Waals surface area contributed by atoms with E-state index in [1.807, 2.05) is 0 Å². The van der Waals surface area contributed by atoms with E-state index in [2.05, 4.69) is 0 Å². The molecule has 0 saturated carbocycles. The summed E-state index contributed by atoms with van der Waals surface area (Å²) in [6, 6.07) is 0. The summed E-state index contributed by atoms with van der Waals surface area (Å²) >= 11 is 0. The summed E-state index contributed by atoms with van der Waals surface area (Å²) in [5.41, 5.74) is 4.44. The molecule has 0 aromatic heterocycles. The first-order valence-corrected chi connectivity index (χ1v) is 4.79. The first-order chi connectivity index (χ1) is 7.58.